The molecule has 0 radical (unpaired) electrons. The third kappa shape index (κ3) is 2.86. The third-order valence-electron chi connectivity index (χ3n) is 4.98. The van der Waals surface area contributed by atoms with Gasteiger partial charge in [-0.15, -0.1) is 11.3 Å². The molecule has 1 aliphatic rings. The van der Waals surface area contributed by atoms with Crippen LogP contribution in [0.5, 0.6) is 0 Å². The molecular formula is C20H22N2O2S. The van der Waals surface area contributed by atoms with E-state index in [0.717, 1.165) is 46.2 Å². The van der Waals surface area contributed by atoms with Gasteiger partial charge in [-0.05, 0) is 63.1 Å². The van der Waals surface area contributed by atoms with E-state index in [4.69, 9.17) is 4.42 Å². The van der Waals surface area contributed by atoms with Gasteiger partial charge < -0.3 is 4.42 Å². The highest BCUT2D eigenvalue weighted by Crippen LogP contribution is 2.33. The monoisotopic (exact) mass is 354 g/mol. The van der Waals surface area contributed by atoms with Crippen LogP contribution in [0.2, 0.25) is 0 Å². The lowest BCUT2D eigenvalue weighted by molar-refractivity contribution is 0.0998. The van der Waals surface area contributed by atoms with Crippen LogP contribution in [-0.4, -0.2) is 10.9 Å². The average Bonchev–Trinajstić information content (AvgIpc) is 3.07. The molecule has 0 fully saturated rings. The maximum absolute atomic E-state index is 12.7. The fourth-order valence-electron chi connectivity index (χ4n) is 3.75. The second-order valence-corrected chi connectivity index (χ2v) is 8.29. The molecule has 0 aliphatic heterocycles. The summed E-state index contributed by atoms with van der Waals surface area (Å²) in [7, 11) is 0. The molecular weight excluding hydrogens is 332 g/mol. The van der Waals surface area contributed by atoms with Crippen LogP contribution in [0.4, 0.5) is 5.13 Å². The van der Waals surface area contributed by atoms with Crippen LogP contribution in [0, 0.1) is 26.7 Å². The van der Waals surface area contributed by atoms with Gasteiger partial charge in [-0.3, -0.25) is 10.1 Å². The Bertz CT molecular complexity index is 983. The lowest BCUT2D eigenvalue weighted by atomic mass is 9.93. The molecule has 2 heterocycles. The van der Waals surface area contributed by atoms with E-state index in [0.29, 0.717) is 16.8 Å². The SMILES string of the molecule is Cc1cc(C)c2c(C)c(C(=O)Nc3nc4c(s3)CC(C)CC4)oc2c1. The molecule has 130 valence electrons. The largest absolute Gasteiger partial charge is 0.451 e. The van der Waals surface area contributed by atoms with E-state index in [1.165, 1.54) is 11.3 Å². The lowest BCUT2D eigenvalue weighted by Gasteiger charge is -2.15. The number of amides is 1. The minimum absolute atomic E-state index is 0.218. The van der Waals surface area contributed by atoms with Gasteiger partial charge in [0.15, 0.2) is 10.9 Å². The maximum atomic E-state index is 12.7. The molecule has 25 heavy (non-hydrogen) atoms. The van der Waals surface area contributed by atoms with Crippen molar-refractivity contribution >= 4 is 33.3 Å². The van der Waals surface area contributed by atoms with E-state index in [-0.39, 0.29) is 5.91 Å². The molecule has 1 amide bonds. The minimum atomic E-state index is -0.218. The smallest absolute Gasteiger partial charge is 0.293 e. The van der Waals surface area contributed by atoms with Crippen molar-refractivity contribution in [3.05, 3.63) is 45.2 Å². The molecule has 5 heteroatoms. The van der Waals surface area contributed by atoms with E-state index >= 15 is 0 Å². The Morgan fingerprint density at radius 1 is 1.32 bits per heavy atom. The summed E-state index contributed by atoms with van der Waals surface area (Å²) in [6, 6.07) is 4.10. The summed E-state index contributed by atoms with van der Waals surface area (Å²) in [5, 5.41) is 4.65. The quantitative estimate of drug-likeness (QED) is 0.689. The number of rotatable bonds is 2. The highest BCUT2D eigenvalue weighted by molar-refractivity contribution is 7.15. The number of aryl methyl sites for hydroxylation is 4. The lowest BCUT2D eigenvalue weighted by Crippen LogP contribution is -2.12. The van der Waals surface area contributed by atoms with Crippen LogP contribution in [0.15, 0.2) is 16.5 Å². The molecule has 1 atom stereocenters. The molecule has 0 saturated heterocycles. The zero-order valence-electron chi connectivity index (χ0n) is 15.0. The first-order valence-electron chi connectivity index (χ1n) is 8.72. The van der Waals surface area contributed by atoms with Gasteiger partial charge in [0.2, 0.25) is 0 Å². The highest BCUT2D eigenvalue weighted by Gasteiger charge is 2.23. The summed E-state index contributed by atoms with van der Waals surface area (Å²) in [4.78, 5) is 18.7. The maximum Gasteiger partial charge on any atom is 0.293 e. The number of fused-ring (bicyclic) bond motifs is 2. The number of thiazole rings is 1. The van der Waals surface area contributed by atoms with Crippen molar-refractivity contribution in [2.45, 2.75) is 47.0 Å². The number of hydrogen-bond donors (Lipinski definition) is 1. The van der Waals surface area contributed by atoms with Gasteiger partial charge in [0, 0.05) is 15.8 Å². The number of aromatic nitrogens is 1. The Kier molecular flexibility index (Phi) is 3.91. The molecule has 2 aromatic heterocycles. The Labute approximate surface area is 151 Å². The second-order valence-electron chi connectivity index (χ2n) is 7.20. The predicted octanol–water partition coefficient (Wildman–Crippen LogP) is 5.19. The third-order valence-corrected chi connectivity index (χ3v) is 6.02. The van der Waals surface area contributed by atoms with Crippen molar-refractivity contribution < 1.29 is 9.21 Å². The molecule has 0 spiro atoms. The molecule has 4 rings (SSSR count). The summed E-state index contributed by atoms with van der Waals surface area (Å²) in [5.74, 6) is 0.857. The zero-order valence-corrected chi connectivity index (χ0v) is 15.8. The van der Waals surface area contributed by atoms with Gasteiger partial charge in [0.1, 0.15) is 5.58 Å². The van der Waals surface area contributed by atoms with Crippen molar-refractivity contribution in [3.63, 3.8) is 0 Å². The zero-order chi connectivity index (χ0) is 17.7. The Balaban J connectivity index is 1.65. The van der Waals surface area contributed by atoms with Crippen molar-refractivity contribution in [3.8, 4) is 0 Å². The van der Waals surface area contributed by atoms with Crippen LogP contribution < -0.4 is 5.32 Å². The van der Waals surface area contributed by atoms with E-state index in [1.54, 1.807) is 11.3 Å². The molecule has 4 nitrogen and oxygen atoms in total. The fraction of sp³-hybridized carbons (Fsp3) is 0.400. The van der Waals surface area contributed by atoms with E-state index < -0.39 is 0 Å². The topological polar surface area (TPSA) is 55.1 Å². The van der Waals surface area contributed by atoms with E-state index in [1.807, 2.05) is 19.9 Å². The number of carbonyl (C=O) groups excluding carboxylic acids is 1. The first-order chi connectivity index (χ1) is 11.9. The van der Waals surface area contributed by atoms with Crippen LogP contribution in [0.3, 0.4) is 0 Å². The molecule has 0 saturated carbocycles. The molecule has 1 aliphatic carbocycles. The van der Waals surface area contributed by atoms with E-state index in [2.05, 4.69) is 30.2 Å². The summed E-state index contributed by atoms with van der Waals surface area (Å²) in [6.45, 7) is 8.29. The summed E-state index contributed by atoms with van der Waals surface area (Å²) in [6.07, 6.45) is 3.24. The first kappa shape index (κ1) is 16.3. The minimum Gasteiger partial charge on any atom is -0.451 e. The Hall–Kier alpha value is -2.14. The van der Waals surface area contributed by atoms with Crippen LogP contribution >= 0.6 is 11.3 Å². The van der Waals surface area contributed by atoms with Gasteiger partial charge in [-0.25, -0.2) is 4.98 Å². The van der Waals surface area contributed by atoms with Gasteiger partial charge in [-0.2, -0.15) is 0 Å². The van der Waals surface area contributed by atoms with Gasteiger partial charge in [-0.1, -0.05) is 13.0 Å². The van der Waals surface area contributed by atoms with Gasteiger partial charge in [0.05, 0.1) is 5.69 Å². The Morgan fingerprint density at radius 3 is 2.92 bits per heavy atom. The van der Waals surface area contributed by atoms with Crippen molar-refractivity contribution in [1.29, 1.82) is 0 Å². The molecule has 1 unspecified atom stereocenters. The number of carbonyl (C=O) groups is 1. The number of hydrogen-bond acceptors (Lipinski definition) is 4. The van der Waals surface area contributed by atoms with Crippen molar-refractivity contribution in [2.75, 3.05) is 5.32 Å². The second kappa shape index (κ2) is 5.99. The summed E-state index contributed by atoms with van der Waals surface area (Å²) < 4.78 is 5.88. The molecule has 1 aromatic carbocycles. The molecule has 1 N–H and O–H groups in total. The summed E-state index contributed by atoms with van der Waals surface area (Å²) >= 11 is 1.60. The number of anilines is 1. The Morgan fingerprint density at radius 2 is 2.12 bits per heavy atom. The van der Waals surface area contributed by atoms with Gasteiger partial charge in [0.25, 0.3) is 5.91 Å². The number of benzene rings is 1. The normalized spacial score (nSPS) is 16.9. The van der Waals surface area contributed by atoms with E-state index in [9.17, 15) is 4.79 Å². The van der Waals surface area contributed by atoms with Crippen molar-refractivity contribution in [1.82, 2.24) is 4.98 Å². The van der Waals surface area contributed by atoms with Gasteiger partial charge >= 0.3 is 0 Å². The van der Waals surface area contributed by atoms with Crippen LogP contribution in [0.25, 0.3) is 11.0 Å². The predicted molar refractivity (Wildman–Crippen MR) is 102 cm³/mol. The number of nitrogens with zero attached hydrogens (tertiary/aromatic N) is 1. The number of nitrogens with one attached hydrogen (secondary N) is 1. The molecule has 0 bridgehead atoms. The summed E-state index contributed by atoms with van der Waals surface area (Å²) in [5.41, 5.74) is 5.07. The number of furan rings is 1. The van der Waals surface area contributed by atoms with Crippen LogP contribution in [-0.2, 0) is 12.8 Å². The average molecular weight is 354 g/mol. The fourth-order valence-corrected chi connectivity index (χ4v) is 4.92. The standard InChI is InChI=1S/C20H22N2O2S/c1-10-5-6-14-16(9-10)25-20(21-14)22-19(23)18-13(4)17-12(3)7-11(2)8-15(17)24-18/h7-8,10H,5-6,9H2,1-4H3,(H,21,22,23). The highest BCUT2D eigenvalue weighted by atomic mass is 32.1. The first-order valence-corrected chi connectivity index (χ1v) is 9.54. The van der Waals surface area contributed by atoms with Crippen molar-refractivity contribution in [2.24, 2.45) is 5.92 Å². The van der Waals surface area contributed by atoms with Crippen LogP contribution in [0.1, 0.15) is 51.2 Å². The molecule has 3 aromatic rings.